The lowest BCUT2D eigenvalue weighted by molar-refractivity contribution is 0.102. The Morgan fingerprint density at radius 3 is 2.63 bits per heavy atom. The molecule has 140 valence electrons. The standard InChI is InChI=1S/C21H20F2N2O2/c1-25(2)14-7-8-19-15(9-14)16-10-18(17(23)11-20(16)27-19)24-21(26)12-3-5-13(22)6-4-12/h3-6,10-11,14H,7-9H2,1-2H3,(H,24,26). The molecule has 0 aliphatic heterocycles. The number of likely N-dealkylation sites (N-methyl/N-ethyl adjacent to an activating group) is 1. The topological polar surface area (TPSA) is 45.5 Å². The Balaban J connectivity index is 1.67. The molecule has 0 radical (unpaired) electrons. The van der Waals surface area contributed by atoms with Crippen molar-refractivity contribution in [3.8, 4) is 0 Å². The van der Waals surface area contributed by atoms with E-state index < -0.39 is 17.5 Å². The summed E-state index contributed by atoms with van der Waals surface area (Å²) in [6, 6.07) is 8.47. The van der Waals surface area contributed by atoms with E-state index in [0.29, 0.717) is 11.6 Å². The van der Waals surface area contributed by atoms with E-state index >= 15 is 0 Å². The van der Waals surface area contributed by atoms with Gasteiger partial charge >= 0.3 is 0 Å². The monoisotopic (exact) mass is 370 g/mol. The molecule has 3 aromatic rings. The summed E-state index contributed by atoms with van der Waals surface area (Å²) >= 11 is 0. The van der Waals surface area contributed by atoms with Gasteiger partial charge in [-0.25, -0.2) is 8.78 Å². The van der Waals surface area contributed by atoms with E-state index in [2.05, 4.69) is 10.2 Å². The summed E-state index contributed by atoms with van der Waals surface area (Å²) in [5, 5.41) is 3.41. The number of aryl methyl sites for hydroxylation is 1. The van der Waals surface area contributed by atoms with E-state index in [-0.39, 0.29) is 11.3 Å². The first-order valence-corrected chi connectivity index (χ1v) is 8.89. The summed E-state index contributed by atoms with van der Waals surface area (Å²) in [5.74, 6) is -0.589. The molecule has 27 heavy (non-hydrogen) atoms. The van der Waals surface area contributed by atoms with Gasteiger partial charge in [-0.2, -0.15) is 0 Å². The Kier molecular flexibility index (Phi) is 4.44. The molecule has 1 aromatic heterocycles. The number of hydrogen-bond acceptors (Lipinski definition) is 3. The molecule has 1 aliphatic carbocycles. The second kappa shape index (κ2) is 6.78. The summed E-state index contributed by atoms with van der Waals surface area (Å²) in [6.45, 7) is 0. The van der Waals surface area contributed by atoms with Crippen LogP contribution in [0.1, 0.15) is 28.1 Å². The number of carbonyl (C=O) groups excluding carboxylic acids is 1. The van der Waals surface area contributed by atoms with Crippen LogP contribution >= 0.6 is 0 Å². The number of nitrogens with one attached hydrogen (secondary N) is 1. The molecular weight excluding hydrogens is 350 g/mol. The highest BCUT2D eigenvalue weighted by atomic mass is 19.1. The van der Waals surface area contributed by atoms with Gasteiger partial charge in [0.1, 0.15) is 23.0 Å². The predicted molar refractivity (Wildman–Crippen MR) is 100 cm³/mol. The van der Waals surface area contributed by atoms with Gasteiger partial charge in [0.15, 0.2) is 0 Å². The van der Waals surface area contributed by atoms with E-state index in [1.165, 1.54) is 30.3 Å². The van der Waals surface area contributed by atoms with Gasteiger partial charge < -0.3 is 14.6 Å². The minimum atomic E-state index is -0.562. The van der Waals surface area contributed by atoms with Crippen LogP contribution in [0, 0.1) is 11.6 Å². The third-order valence-corrected chi connectivity index (χ3v) is 5.19. The molecule has 1 atom stereocenters. The van der Waals surface area contributed by atoms with Crippen molar-refractivity contribution in [2.75, 3.05) is 19.4 Å². The number of amides is 1. The van der Waals surface area contributed by atoms with Crippen LogP contribution in [0.3, 0.4) is 0 Å². The van der Waals surface area contributed by atoms with Crippen molar-refractivity contribution in [2.45, 2.75) is 25.3 Å². The van der Waals surface area contributed by atoms with E-state index in [1.54, 1.807) is 6.07 Å². The average Bonchev–Trinajstić information content (AvgIpc) is 2.99. The highest BCUT2D eigenvalue weighted by Gasteiger charge is 2.26. The second-order valence-corrected chi connectivity index (χ2v) is 7.15. The summed E-state index contributed by atoms with van der Waals surface area (Å²) in [7, 11) is 4.10. The van der Waals surface area contributed by atoms with E-state index in [0.717, 1.165) is 36.0 Å². The maximum atomic E-state index is 14.5. The molecule has 1 unspecified atom stereocenters. The van der Waals surface area contributed by atoms with Crippen molar-refractivity contribution in [3.63, 3.8) is 0 Å². The number of rotatable bonds is 3. The van der Waals surface area contributed by atoms with Crippen LogP contribution in [0.5, 0.6) is 0 Å². The van der Waals surface area contributed by atoms with Crippen LogP contribution in [0.4, 0.5) is 14.5 Å². The zero-order valence-corrected chi connectivity index (χ0v) is 15.2. The predicted octanol–water partition coefficient (Wildman–Crippen LogP) is 4.38. The number of fused-ring (bicyclic) bond motifs is 3. The van der Waals surface area contributed by atoms with Gasteiger partial charge in [0.05, 0.1) is 5.69 Å². The number of carbonyl (C=O) groups is 1. The maximum absolute atomic E-state index is 14.5. The van der Waals surface area contributed by atoms with Gasteiger partial charge in [0, 0.05) is 35.0 Å². The Hall–Kier alpha value is -2.73. The number of anilines is 1. The fourth-order valence-corrected chi connectivity index (χ4v) is 3.61. The molecule has 6 heteroatoms. The van der Waals surface area contributed by atoms with Gasteiger partial charge in [-0.15, -0.1) is 0 Å². The maximum Gasteiger partial charge on any atom is 0.255 e. The minimum absolute atomic E-state index is 0.0902. The molecule has 0 fully saturated rings. The lowest BCUT2D eigenvalue weighted by Crippen LogP contribution is -2.33. The average molecular weight is 370 g/mol. The molecule has 2 aromatic carbocycles. The Labute approximate surface area is 155 Å². The van der Waals surface area contributed by atoms with Gasteiger partial charge in [-0.3, -0.25) is 4.79 Å². The highest BCUT2D eigenvalue weighted by Crippen LogP contribution is 2.35. The van der Waals surface area contributed by atoms with E-state index in [1.807, 2.05) is 14.1 Å². The van der Waals surface area contributed by atoms with Crippen molar-refractivity contribution < 1.29 is 18.0 Å². The van der Waals surface area contributed by atoms with Crippen LogP contribution in [0.15, 0.2) is 40.8 Å². The quantitative estimate of drug-likeness (QED) is 0.744. The molecule has 0 saturated heterocycles. The fraction of sp³-hybridized carbons (Fsp3) is 0.286. The van der Waals surface area contributed by atoms with E-state index in [4.69, 9.17) is 4.42 Å². The van der Waals surface area contributed by atoms with Crippen molar-refractivity contribution in [1.82, 2.24) is 4.90 Å². The molecule has 1 N–H and O–H groups in total. The molecule has 1 heterocycles. The number of nitrogens with zero attached hydrogens (tertiary/aromatic N) is 1. The first-order chi connectivity index (χ1) is 12.9. The Bertz CT molecular complexity index is 1010. The summed E-state index contributed by atoms with van der Waals surface area (Å²) in [5.41, 5.74) is 1.93. The normalized spacial score (nSPS) is 16.6. The number of benzene rings is 2. The van der Waals surface area contributed by atoms with Gasteiger partial charge in [0.25, 0.3) is 5.91 Å². The zero-order chi connectivity index (χ0) is 19.1. The highest BCUT2D eigenvalue weighted by molar-refractivity contribution is 6.05. The third kappa shape index (κ3) is 3.32. The van der Waals surface area contributed by atoms with Crippen molar-refractivity contribution in [2.24, 2.45) is 0 Å². The van der Waals surface area contributed by atoms with E-state index in [9.17, 15) is 13.6 Å². The smallest absolute Gasteiger partial charge is 0.255 e. The summed E-state index contributed by atoms with van der Waals surface area (Å²) in [6.07, 6.45) is 2.63. The largest absolute Gasteiger partial charge is 0.461 e. The van der Waals surface area contributed by atoms with Crippen LogP contribution in [0.25, 0.3) is 11.0 Å². The van der Waals surface area contributed by atoms with Crippen molar-refractivity contribution >= 4 is 22.6 Å². The third-order valence-electron chi connectivity index (χ3n) is 5.19. The molecular formula is C21H20F2N2O2. The second-order valence-electron chi connectivity index (χ2n) is 7.15. The minimum Gasteiger partial charge on any atom is -0.461 e. The SMILES string of the molecule is CN(C)C1CCc2oc3cc(F)c(NC(=O)c4ccc(F)cc4)cc3c2C1. The van der Waals surface area contributed by atoms with Gasteiger partial charge in [-0.05, 0) is 57.3 Å². The first kappa shape index (κ1) is 17.7. The lowest BCUT2D eigenvalue weighted by atomic mass is 9.91. The van der Waals surface area contributed by atoms with Gasteiger partial charge in [-0.1, -0.05) is 0 Å². The molecule has 0 bridgehead atoms. The lowest BCUT2D eigenvalue weighted by Gasteiger charge is -2.27. The number of hydrogen-bond donors (Lipinski definition) is 1. The van der Waals surface area contributed by atoms with Crippen molar-refractivity contribution in [3.05, 3.63) is 64.9 Å². The van der Waals surface area contributed by atoms with Crippen LogP contribution < -0.4 is 5.32 Å². The number of furan rings is 1. The Morgan fingerprint density at radius 2 is 1.93 bits per heavy atom. The van der Waals surface area contributed by atoms with Crippen LogP contribution in [-0.2, 0) is 12.8 Å². The molecule has 4 nitrogen and oxygen atoms in total. The molecule has 0 spiro atoms. The molecule has 1 amide bonds. The molecule has 4 rings (SSSR count). The van der Waals surface area contributed by atoms with Crippen LogP contribution in [0.2, 0.25) is 0 Å². The summed E-state index contributed by atoms with van der Waals surface area (Å²) in [4.78, 5) is 14.5. The van der Waals surface area contributed by atoms with Crippen LogP contribution in [-0.4, -0.2) is 30.9 Å². The summed E-state index contributed by atoms with van der Waals surface area (Å²) < 4.78 is 33.4. The number of halogens is 2. The fourth-order valence-electron chi connectivity index (χ4n) is 3.61. The first-order valence-electron chi connectivity index (χ1n) is 8.89. The zero-order valence-electron chi connectivity index (χ0n) is 15.2. The van der Waals surface area contributed by atoms with Crippen molar-refractivity contribution in [1.29, 1.82) is 0 Å². The Morgan fingerprint density at radius 1 is 1.19 bits per heavy atom. The van der Waals surface area contributed by atoms with Gasteiger partial charge in [0.2, 0.25) is 0 Å². The molecule has 1 aliphatic rings. The molecule has 0 saturated carbocycles.